The van der Waals surface area contributed by atoms with Gasteiger partial charge in [-0.1, -0.05) is 6.92 Å². The number of amidine groups is 1. The van der Waals surface area contributed by atoms with Crippen LogP contribution in [0.25, 0.3) is 0 Å². The summed E-state index contributed by atoms with van der Waals surface area (Å²) in [5, 5.41) is 3.87. The Morgan fingerprint density at radius 2 is 1.76 bits per heavy atom. The molecule has 38 heavy (non-hydrogen) atoms. The Bertz CT molecular complexity index is 967. The monoisotopic (exact) mass is 560 g/mol. The number of hydrogen-bond acceptors (Lipinski definition) is 6. The van der Waals surface area contributed by atoms with Crippen molar-refractivity contribution < 1.29 is 9.53 Å². The first-order valence-corrected chi connectivity index (χ1v) is 16.7. The summed E-state index contributed by atoms with van der Waals surface area (Å²) in [7, 11) is 0. The SMILES string of the molecule is CCCC1=NC2CCC(C(c3nccs3)C3CCC(Cl)CC3)CC2N1C1CC2CCC(C1)N2C(=O)OCC. The largest absolute Gasteiger partial charge is 0.450 e. The lowest BCUT2D eigenvalue weighted by atomic mass is 9.68. The highest BCUT2D eigenvalue weighted by atomic mass is 35.5. The molecule has 6 rings (SSSR count). The van der Waals surface area contributed by atoms with Crippen molar-refractivity contribution in [1.29, 1.82) is 0 Å². The number of ether oxygens (including phenoxy) is 1. The van der Waals surface area contributed by atoms with Crippen molar-refractivity contribution in [2.75, 3.05) is 6.61 Å². The number of carbonyl (C=O) groups is 1. The number of nitrogens with zero attached hydrogens (tertiary/aromatic N) is 4. The van der Waals surface area contributed by atoms with Crippen LogP contribution in [-0.4, -0.2) is 68.9 Å². The number of fused-ring (bicyclic) bond motifs is 3. The van der Waals surface area contributed by atoms with Crippen LogP contribution >= 0.6 is 22.9 Å². The standard InChI is InChI=1S/C30H45ClN4O2S/c1-3-5-27-33-25-13-8-20(28(29-32-14-15-38-29)19-6-9-21(31)10-7-19)16-26(25)35(27)24-17-22-11-12-23(18-24)34(22)30(36)37-4-2/h14-15,19-26,28H,3-13,16-18H2,1-2H3. The number of carbonyl (C=O) groups excluding carboxylic acids is 1. The minimum absolute atomic E-state index is 0.101. The van der Waals surface area contributed by atoms with E-state index in [1.807, 2.05) is 24.5 Å². The average molecular weight is 561 g/mol. The molecule has 8 heteroatoms. The molecule has 5 aliphatic rings. The molecular formula is C30H45ClN4O2S. The summed E-state index contributed by atoms with van der Waals surface area (Å²) >= 11 is 8.39. The van der Waals surface area contributed by atoms with Crippen LogP contribution in [0.2, 0.25) is 0 Å². The zero-order valence-corrected chi connectivity index (χ0v) is 24.7. The second-order valence-corrected chi connectivity index (χ2v) is 14.0. The fourth-order valence-corrected chi connectivity index (χ4v) is 9.96. The molecule has 2 bridgehead atoms. The normalized spacial score (nSPS) is 37.6. The Balaban J connectivity index is 1.22. The third kappa shape index (κ3) is 5.11. The summed E-state index contributed by atoms with van der Waals surface area (Å²) in [5.74, 6) is 3.27. The van der Waals surface area contributed by atoms with Gasteiger partial charge in [0, 0.05) is 47.4 Å². The zero-order valence-electron chi connectivity index (χ0n) is 23.1. The van der Waals surface area contributed by atoms with Crippen LogP contribution < -0.4 is 0 Å². The van der Waals surface area contributed by atoms with Crippen molar-refractivity contribution in [2.45, 2.75) is 139 Å². The molecule has 0 aromatic carbocycles. The first-order chi connectivity index (χ1) is 18.6. The van der Waals surface area contributed by atoms with Gasteiger partial charge in [-0.05, 0) is 95.8 Å². The molecule has 0 spiro atoms. The van der Waals surface area contributed by atoms with Crippen molar-refractivity contribution in [1.82, 2.24) is 14.8 Å². The first kappa shape index (κ1) is 26.9. The van der Waals surface area contributed by atoms with Crippen LogP contribution in [-0.2, 0) is 4.74 Å². The minimum Gasteiger partial charge on any atom is -0.450 e. The summed E-state index contributed by atoms with van der Waals surface area (Å²) in [4.78, 5) is 27.9. The molecule has 3 aliphatic heterocycles. The Labute approximate surface area is 237 Å². The van der Waals surface area contributed by atoms with E-state index in [0.717, 1.165) is 51.4 Å². The summed E-state index contributed by atoms with van der Waals surface area (Å²) < 4.78 is 5.44. The second-order valence-electron chi connectivity index (χ2n) is 12.4. The van der Waals surface area contributed by atoms with E-state index in [-0.39, 0.29) is 6.09 Å². The summed E-state index contributed by atoms with van der Waals surface area (Å²) in [6, 6.07) is 2.05. The molecule has 4 fully saturated rings. The molecular weight excluding hydrogens is 516 g/mol. The molecule has 210 valence electrons. The number of rotatable bonds is 7. The summed E-state index contributed by atoms with van der Waals surface area (Å²) in [6.45, 7) is 4.64. The van der Waals surface area contributed by atoms with Crippen molar-refractivity contribution in [3.63, 3.8) is 0 Å². The number of thiazole rings is 1. The van der Waals surface area contributed by atoms with E-state index in [9.17, 15) is 4.79 Å². The average Bonchev–Trinajstić information content (AvgIpc) is 3.62. The van der Waals surface area contributed by atoms with E-state index in [1.165, 1.54) is 42.9 Å². The zero-order chi connectivity index (χ0) is 26.2. The van der Waals surface area contributed by atoms with Gasteiger partial charge in [-0.3, -0.25) is 4.99 Å². The van der Waals surface area contributed by atoms with Gasteiger partial charge in [-0.2, -0.15) is 0 Å². The highest BCUT2D eigenvalue weighted by Gasteiger charge is 2.51. The number of aliphatic imine (C=N–C) groups is 1. The Morgan fingerprint density at radius 1 is 1.03 bits per heavy atom. The Hall–Kier alpha value is -1.34. The predicted molar refractivity (Wildman–Crippen MR) is 154 cm³/mol. The van der Waals surface area contributed by atoms with E-state index >= 15 is 0 Å². The number of halogens is 1. The maximum Gasteiger partial charge on any atom is 0.410 e. The fraction of sp³-hybridized carbons (Fsp3) is 0.833. The van der Waals surface area contributed by atoms with Gasteiger partial charge in [-0.25, -0.2) is 9.78 Å². The molecule has 2 aliphatic carbocycles. The third-order valence-corrected chi connectivity index (χ3v) is 11.6. The molecule has 6 unspecified atom stereocenters. The van der Waals surface area contributed by atoms with Crippen molar-refractivity contribution >= 4 is 34.9 Å². The van der Waals surface area contributed by atoms with Gasteiger partial charge in [-0.15, -0.1) is 22.9 Å². The summed E-state index contributed by atoms with van der Waals surface area (Å²) in [6.07, 6.45) is 16.9. The van der Waals surface area contributed by atoms with Gasteiger partial charge in [0.25, 0.3) is 0 Å². The molecule has 6 nitrogen and oxygen atoms in total. The van der Waals surface area contributed by atoms with Crippen LogP contribution in [0.1, 0.15) is 108 Å². The molecule has 0 radical (unpaired) electrons. The highest BCUT2D eigenvalue weighted by Crippen LogP contribution is 2.50. The smallest absolute Gasteiger partial charge is 0.410 e. The van der Waals surface area contributed by atoms with Crippen LogP contribution in [0.4, 0.5) is 4.79 Å². The van der Waals surface area contributed by atoms with Gasteiger partial charge in [0.15, 0.2) is 0 Å². The number of hydrogen-bond donors (Lipinski definition) is 0. The molecule has 2 saturated heterocycles. The van der Waals surface area contributed by atoms with Crippen LogP contribution in [0, 0.1) is 11.8 Å². The number of alkyl halides is 1. The molecule has 2 saturated carbocycles. The maximum absolute atomic E-state index is 12.7. The maximum atomic E-state index is 12.7. The predicted octanol–water partition coefficient (Wildman–Crippen LogP) is 7.23. The van der Waals surface area contributed by atoms with E-state index in [1.54, 1.807) is 0 Å². The Morgan fingerprint density at radius 3 is 2.42 bits per heavy atom. The Kier molecular flexibility index (Phi) is 8.23. The number of amides is 1. The lowest BCUT2D eigenvalue weighted by molar-refractivity contribution is 0.0410. The first-order valence-electron chi connectivity index (χ1n) is 15.4. The van der Waals surface area contributed by atoms with E-state index in [4.69, 9.17) is 26.3 Å². The van der Waals surface area contributed by atoms with Crippen molar-refractivity contribution in [2.24, 2.45) is 16.8 Å². The molecule has 0 N–H and O–H groups in total. The second kappa shape index (κ2) is 11.6. The third-order valence-electron chi connectivity index (χ3n) is 10.3. The van der Waals surface area contributed by atoms with Crippen molar-refractivity contribution in [3.05, 3.63) is 16.6 Å². The lowest BCUT2D eigenvalue weighted by Gasteiger charge is -2.48. The molecule has 1 amide bonds. The van der Waals surface area contributed by atoms with Gasteiger partial charge in [0.05, 0.1) is 29.5 Å². The van der Waals surface area contributed by atoms with Crippen LogP contribution in [0.15, 0.2) is 16.6 Å². The van der Waals surface area contributed by atoms with E-state index in [2.05, 4.69) is 22.1 Å². The molecule has 1 aromatic heterocycles. The minimum atomic E-state index is -0.101. The van der Waals surface area contributed by atoms with Crippen LogP contribution in [0.5, 0.6) is 0 Å². The lowest BCUT2D eigenvalue weighted by Crippen LogP contribution is -2.56. The molecule has 4 heterocycles. The number of piperidine rings is 1. The quantitative estimate of drug-likeness (QED) is 0.330. The van der Waals surface area contributed by atoms with Gasteiger partial charge < -0.3 is 14.5 Å². The number of aromatic nitrogens is 1. The molecule has 6 atom stereocenters. The topological polar surface area (TPSA) is 58.0 Å². The van der Waals surface area contributed by atoms with Crippen LogP contribution in [0.3, 0.4) is 0 Å². The summed E-state index contributed by atoms with van der Waals surface area (Å²) in [5.41, 5.74) is 0. The highest BCUT2D eigenvalue weighted by molar-refractivity contribution is 7.09. The van der Waals surface area contributed by atoms with E-state index < -0.39 is 0 Å². The van der Waals surface area contributed by atoms with E-state index in [0.29, 0.717) is 59.9 Å². The van der Waals surface area contributed by atoms with Gasteiger partial charge in [0.1, 0.15) is 0 Å². The fourth-order valence-electron chi connectivity index (χ4n) is 8.78. The van der Waals surface area contributed by atoms with Crippen molar-refractivity contribution in [3.8, 4) is 0 Å². The molecule has 1 aromatic rings. The van der Waals surface area contributed by atoms with Gasteiger partial charge >= 0.3 is 6.09 Å². The van der Waals surface area contributed by atoms with Gasteiger partial charge in [0.2, 0.25) is 0 Å².